The lowest BCUT2D eigenvalue weighted by atomic mass is 10.3. The fraction of sp³-hybridized carbons (Fsp3) is 0.176. The number of nitrogens with one attached hydrogen (secondary N) is 2. The minimum atomic E-state index is -3.87. The molecule has 1 amide bonds. The predicted molar refractivity (Wildman–Crippen MR) is 106 cm³/mol. The Labute approximate surface area is 171 Å². The van der Waals surface area contributed by atoms with Crippen molar-refractivity contribution in [3.63, 3.8) is 0 Å². The maximum absolute atomic E-state index is 12.3. The number of rotatable bonds is 8. The van der Waals surface area contributed by atoms with Crippen LogP contribution in [0.25, 0.3) is 0 Å². The zero-order chi connectivity index (χ0) is 21.7. The van der Waals surface area contributed by atoms with Crippen molar-refractivity contribution in [3.8, 4) is 0 Å². The number of anilines is 2. The number of aromatic nitrogens is 4. The first-order chi connectivity index (χ1) is 14.2. The second-order valence-electron chi connectivity index (χ2n) is 6.12. The van der Waals surface area contributed by atoms with Crippen LogP contribution in [0.4, 0.5) is 17.5 Å². The van der Waals surface area contributed by atoms with E-state index in [9.17, 15) is 23.3 Å². The molecule has 2 heterocycles. The van der Waals surface area contributed by atoms with E-state index in [0.29, 0.717) is 11.4 Å². The van der Waals surface area contributed by atoms with Crippen LogP contribution in [0.1, 0.15) is 12.1 Å². The summed E-state index contributed by atoms with van der Waals surface area (Å²) in [5.74, 6) is -0.678. The standard InChI is InChI=1S/C17H17N7O5S/c1-12-11-15(24(26)27)21-23(12)10-7-16(25)20-13-3-5-14(6-4-13)30(28,29)22-17-18-8-2-9-19-17/h2-6,8-9,11H,7,10H2,1H3,(H,20,25)(H,18,19,22). The Hall–Kier alpha value is -3.87. The molecule has 1 aromatic carbocycles. The monoisotopic (exact) mass is 431 g/mol. The van der Waals surface area contributed by atoms with Crippen LogP contribution in [0.15, 0.2) is 53.7 Å². The van der Waals surface area contributed by atoms with Crippen molar-refractivity contribution in [2.24, 2.45) is 0 Å². The van der Waals surface area contributed by atoms with Gasteiger partial charge in [0.25, 0.3) is 10.0 Å². The summed E-state index contributed by atoms with van der Waals surface area (Å²) in [4.78, 5) is 29.9. The van der Waals surface area contributed by atoms with Gasteiger partial charge in [-0.1, -0.05) is 0 Å². The Morgan fingerprint density at radius 3 is 2.47 bits per heavy atom. The van der Waals surface area contributed by atoms with Crippen molar-refractivity contribution in [2.45, 2.75) is 24.8 Å². The van der Waals surface area contributed by atoms with Gasteiger partial charge in [-0.2, -0.15) is 4.68 Å². The summed E-state index contributed by atoms with van der Waals surface area (Å²) in [7, 11) is -3.87. The summed E-state index contributed by atoms with van der Waals surface area (Å²) in [6.45, 7) is 1.82. The predicted octanol–water partition coefficient (Wildman–Crippen LogP) is 1.72. The van der Waals surface area contributed by atoms with Gasteiger partial charge in [-0.15, -0.1) is 0 Å². The van der Waals surface area contributed by atoms with E-state index in [1.807, 2.05) is 0 Å². The summed E-state index contributed by atoms with van der Waals surface area (Å²) in [6, 6.07) is 8.45. The van der Waals surface area contributed by atoms with E-state index >= 15 is 0 Å². The second-order valence-corrected chi connectivity index (χ2v) is 7.81. The normalized spacial score (nSPS) is 11.1. The number of nitrogens with zero attached hydrogens (tertiary/aromatic N) is 5. The minimum Gasteiger partial charge on any atom is -0.358 e. The quantitative estimate of drug-likeness (QED) is 0.402. The van der Waals surface area contributed by atoms with Crippen LogP contribution >= 0.6 is 0 Å². The lowest BCUT2D eigenvalue weighted by Gasteiger charge is -2.08. The third-order valence-corrected chi connectivity index (χ3v) is 5.29. The lowest BCUT2D eigenvalue weighted by Crippen LogP contribution is -2.16. The van der Waals surface area contributed by atoms with E-state index in [4.69, 9.17) is 0 Å². The highest BCUT2D eigenvalue weighted by molar-refractivity contribution is 7.92. The van der Waals surface area contributed by atoms with Gasteiger partial charge in [-0.3, -0.25) is 4.79 Å². The first-order valence-corrected chi connectivity index (χ1v) is 10.1. The van der Waals surface area contributed by atoms with Crippen LogP contribution in [0.3, 0.4) is 0 Å². The number of carbonyl (C=O) groups is 1. The molecule has 0 unspecified atom stereocenters. The zero-order valence-electron chi connectivity index (χ0n) is 15.7. The van der Waals surface area contributed by atoms with Crippen LogP contribution in [0.5, 0.6) is 0 Å². The van der Waals surface area contributed by atoms with Gasteiger partial charge in [0.05, 0.1) is 28.3 Å². The molecular formula is C17H17N7O5S. The highest BCUT2D eigenvalue weighted by Crippen LogP contribution is 2.17. The van der Waals surface area contributed by atoms with Gasteiger partial charge in [0, 0.05) is 24.5 Å². The van der Waals surface area contributed by atoms with Crippen molar-refractivity contribution >= 4 is 33.4 Å². The van der Waals surface area contributed by atoms with Crippen molar-refractivity contribution in [2.75, 3.05) is 10.0 Å². The van der Waals surface area contributed by atoms with Gasteiger partial charge >= 0.3 is 5.82 Å². The summed E-state index contributed by atoms with van der Waals surface area (Å²) in [5, 5.41) is 17.2. The molecule has 3 aromatic rings. The van der Waals surface area contributed by atoms with Crippen LogP contribution < -0.4 is 10.0 Å². The SMILES string of the molecule is Cc1cc([N+](=O)[O-])nn1CCC(=O)Nc1ccc(S(=O)(=O)Nc2ncccn2)cc1. The Morgan fingerprint density at radius 1 is 1.20 bits per heavy atom. The Bertz CT molecular complexity index is 1160. The number of benzene rings is 1. The van der Waals surface area contributed by atoms with Crippen molar-refractivity contribution in [3.05, 3.63) is 64.6 Å². The number of amides is 1. The molecule has 0 aliphatic rings. The van der Waals surface area contributed by atoms with Gasteiger partial charge < -0.3 is 15.4 Å². The first-order valence-electron chi connectivity index (χ1n) is 8.63. The minimum absolute atomic E-state index is 0.0209. The zero-order valence-corrected chi connectivity index (χ0v) is 16.5. The van der Waals surface area contributed by atoms with E-state index in [1.54, 1.807) is 13.0 Å². The molecule has 0 radical (unpaired) electrons. The van der Waals surface area contributed by atoms with Gasteiger partial charge in [0.2, 0.25) is 11.9 Å². The van der Waals surface area contributed by atoms with Crippen molar-refractivity contribution < 1.29 is 18.1 Å². The average molecular weight is 431 g/mol. The number of aryl methyl sites for hydroxylation is 2. The fourth-order valence-electron chi connectivity index (χ4n) is 2.49. The van der Waals surface area contributed by atoms with Crippen LogP contribution in [0, 0.1) is 17.0 Å². The molecule has 156 valence electrons. The van der Waals surface area contributed by atoms with E-state index in [0.717, 1.165) is 0 Å². The molecule has 0 saturated carbocycles. The fourth-order valence-corrected chi connectivity index (χ4v) is 3.45. The molecule has 0 fully saturated rings. The van der Waals surface area contributed by atoms with Crippen molar-refractivity contribution in [1.29, 1.82) is 0 Å². The maximum atomic E-state index is 12.3. The number of hydrogen-bond donors (Lipinski definition) is 2. The number of sulfonamides is 1. The molecule has 0 bridgehead atoms. The Morgan fingerprint density at radius 2 is 1.87 bits per heavy atom. The number of nitro groups is 1. The van der Waals surface area contributed by atoms with E-state index in [-0.39, 0.29) is 35.5 Å². The van der Waals surface area contributed by atoms with E-state index < -0.39 is 14.9 Å². The van der Waals surface area contributed by atoms with Gasteiger partial charge in [-0.25, -0.2) is 23.1 Å². The summed E-state index contributed by atoms with van der Waals surface area (Å²) >= 11 is 0. The van der Waals surface area contributed by atoms with Crippen LogP contribution in [0.2, 0.25) is 0 Å². The molecule has 0 spiro atoms. The molecule has 0 aliphatic carbocycles. The van der Waals surface area contributed by atoms with Crippen molar-refractivity contribution in [1.82, 2.24) is 19.7 Å². The summed E-state index contributed by atoms with van der Waals surface area (Å²) in [6.07, 6.45) is 2.85. The first kappa shape index (κ1) is 20.9. The topological polar surface area (TPSA) is 162 Å². The smallest absolute Gasteiger partial charge is 0.358 e. The van der Waals surface area contributed by atoms with Crippen LogP contribution in [-0.2, 0) is 21.4 Å². The molecule has 0 atom stereocenters. The average Bonchev–Trinajstić information content (AvgIpc) is 3.08. The Kier molecular flexibility index (Phi) is 6.01. The molecule has 2 aromatic heterocycles. The molecule has 0 aliphatic heterocycles. The highest BCUT2D eigenvalue weighted by atomic mass is 32.2. The molecule has 13 heteroatoms. The molecule has 2 N–H and O–H groups in total. The number of hydrogen-bond acceptors (Lipinski definition) is 8. The van der Waals surface area contributed by atoms with E-state index in [1.165, 1.54) is 47.4 Å². The van der Waals surface area contributed by atoms with E-state index in [2.05, 4.69) is 25.1 Å². The summed E-state index contributed by atoms with van der Waals surface area (Å²) < 4.78 is 28.3. The molecule has 12 nitrogen and oxygen atoms in total. The molecular weight excluding hydrogens is 414 g/mol. The lowest BCUT2D eigenvalue weighted by molar-refractivity contribution is -0.389. The molecule has 3 rings (SSSR count). The summed E-state index contributed by atoms with van der Waals surface area (Å²) in [5.41, 5.74) is 0.969. The highest BCUT2D eigenvalue weighted by Gasteiger charge is 2.17. The molecule has 0 saturated heterocycles. The third-order valence-electron chi connectivity index (χ3n) is 3.95. The van der Waals surface area contributed by atoms with Gasteiger partial charge in [-0.05, 0) is 42.2 Å². The Balaban J connectivity index is 1.58. The second kappa shape index (κ2) is 8.65. The van der Waals surface area contributed by atoms with Crippen LogP contribution in [-0.4, -0.2) is 39.0 Å². The van der Waals surface area contributed by atoms with Gasteiger partial charge in [0.1, 0.15) is 0 Å². The largest absolute Gasteiger partial charge is 0.390 e. The maximum Gasteiger partial charge on any atom is 0.390 e. The number of carbonyl (C=O) groups excluding carboxylic acids is 1. The third kappa shape index (κ3) is 5.14. The molecule has 30 heavy (non-hydrogen) atoms. The van der Waals surface area contributed by atoms with Gasteiger partial charge in [0.15, 0.2) is 0 Å².